The van der Waals surface area contributed by atoms with Crippen LogP contribution in [0.4, 0.5) is 23.7 Å². The van der Waals surface area contributed by atoms with Crippen molar-refractivity contribution in [2.45, 2.75) is 126 Å². The summed E-state index contributed by atoms with van der Waals surface area (Å²) in [7, 11) is -6.10. The molecule has 7 rings (SSSR count). The number of piperazine rings is 1. The first-order valence-electron chi connectivity index (χ1n) is 23.0. The molecule has 4 fully saturated rings. The fourth-order valence-electron chi connectivity index (χ4n) is 9.84. The lowest BCUT2D eigenvalue weighted by Crippen LogP contribution is -2.66. The van der Waals surface area contributed by atoms with Crippen molar-refractivity contribution in [1.82, 2.24) is 29.1 Å². The number of pyridine rings is 1. The van der Waals surface area contributed by atoms with Crippen molar-refractivity contribution in [3.63, 3.8) is 0 Å². The van der Waals surface area contributed by atoms with Crippen molar-refractivity contribution >= 4 is 60.3 Å². The third-order valence-electron chi connectivity index (χ3n) is 14.7. The van der Waals surface area contributed by atoms with Crippen molar-refractivity contribution in [2.75, 3.05) is 51.0 Å². The van der Waals surface area contributed by atoms with Gasteiger partial charge in [-0.2, -0.15) is 17.5 Å². The number of fused-ring (bicyclic) bond motifs is 3. The maximum Gasteiger partial charge on any atom is 0.411 e. The van der Waals surface area contributed by atoms with Gasteiger partial charge in [-0.15, -0.1) is 0 Å². The maximum atomic E-state index is 15.4. The number of amides is 4. The summed E-state index contributed by atoms with van der Waals surface area (Å²) in [6.45, 7) is 7.14. The van der Waals surface area contributed by atoms with Crippen LogP contribution in [-0.2, 0) is 34.4 Å². The predicted octanol–water partition coefficient (Wildman–Crippen LogP) is 4.64. The zero-order chi connectivity index (χ0) is 49.9. The van der Waals surface area contributed by atoms with Crippen molar-refractivity contribution in [2.24, 2.45) is 17.8 Å². The van der Waals surface area contributed by atoms with Gasteiger partial charge in [-0.05, 0) is 89.3 Å². The molecule has 2 saturated carbocycles. The molecule has 3 aliphatic heterocycles. The molecule has 376 valence electrons. The maximum absolute atomic E-state index is 15.4. The van der Waals surface area contributed by atoms with Gasteiger partial charge in [0.15, 0.2) is 0 Å². The Hall–Kier alpha value is -4.90. The zero-order valence-electron chi connectivity index (χ0n) is 39.3. The number of halogens is 3. The number of aromatic nitrogens is 1. The highest BCUT2D eigenvalue weighted by Gasteiger charge is 2.64. The average molecular weight is 998 g/mol. The van der Waals surface area contributed by atoms with Crippen LogP contribution in [0.1, 0.15) is 86.0 Å². The summed E-state index contributed by atoms with van der Waals surface area (Å²) in [6, 6.07) is 1.66. The smallest absolute Gasteiger partial charge is 0.411 e. The van der Waals surface area contributed by atoms with E-state index in [-0.39, 0.29) is 55.5 Å². The van der Waals surface area contributed by atoms with Crippen LogP contribution < -0.4 is 24.4 Å². The number of methoxy groups -OCH3 is 1. The van der Waals surface area contributed by atoms with E-state index in [1.54, 1.807) is 43.5 Å². The van der Waals surface area contributed by atoms with Crippen LogP contribution in [0.15, 0.2) is 36.5 Å². The molecular formula is C45H62F3N7O11S2. The van der Waals surface area contributed by atoms with Crippen molar-refractivity contribution in [1.29, 1.82) is 0 Å². The fourth-order valence-corrected chi connectivity index (χ4v) is 12.0. The molecule has 0 spiro atoms. The van der Waals surface area contributed by atoms with E-state index in [1.165, 1.54) is 18.3 Å². The highest BCUT2D eigenvalue weighted by Crippen LogP contribution is 2.48. The number of alkyl halides is 3. The number of nitrogens with zero attached hydrogens (tertiary/aromatic N) is 5. The molecule has 0 unspecified atom stereocenters. The Kier molecular flexibility index (Phi) is 13.8. The van der Waals surface area contributed by atoms with Gasteiger partial charge in [-0.1, -0.05) is 32.4 Å². The number of allylic oxidation sites excluding steroid dienone is 1. The number of rotatable bonds is 11. The zero-order valence-corrected chi connectivity index (χ0v) is 41.0. The monoisotopic (exact) mass is 997 g/mol. The minimum Gasteiger partial charge on any atom is -0.497 e. The fraction of sp³-hybridized carbons (Fsp3) is 0.667. The van der Waals surface area contributed by atoms with E-state index in [0.29, 0.717) is 74.8 Å². The SMILES string of the molecule is CC[C@@H]1C[C@H](C)CCC=C[C@@H]2C[C@@]2(C(=O)NS(=O)(=O)C2(C)CC2)NC(=O)[C@@H]2C[C@@H](Oc3ncc(N4CCN(S(C)(=O)=O)CC4)c4cc(OC)ccc34)CN2C(=O)[C@H]1N(C(=O)O)C(C)(C)C(F)(F)F. The number of carboxylic acid groups (broad SMARTS) is 1. The molecule has 2 aliphatic carbocycles. The number of hydrogen-bond donors (Lipinski definition) is 3. The van der Waals surface area contributed by atoms with Crippen LogP contribution in [-0.4, -0.2) is 151 Å². The third kappa shape index (κ3) is 9.80. The molecule has 3 N–H and O–H groups in total. The van der Waals surface area contributed by atoms with Gasteiger partial charge >= 0.3 is 12.3 Å². The Labute approximate surface area is 395 Å². The second-order valence-corrected chi connectivity index (χ2v) is 24.0. The highest BCUT2D eigenvalue weighted by atomic mass is 32.2. The quantitative estimate of drug-likeness (QED) is 0.262. The van der Waals surface area contributed by atoms with E-state index in [0.717, 1.165) is 11.2 Å². The van der Waals surface area contributed by atoms with Crippen LogP contribution in [0.5, 0.6) is 11.6 Å². The standard InChI is InChI=1S/C45H62F3N7O11S2/c1-8-28-21-27(2)11-9-10-12-29-24-44(29,40(58)51-68(63,64)43(5)15-16-43)50-37(56)34-23-31(26-54(34)39(57)36(28)55(41(59)60)42(3,4)45(46,47)48)66-38-32-14-13-30(65-6)22-33(32)35(25-49-38)52-17-19-53(20-18-52)67(7,61)62/h10,12-14,22,25,27-29,31,34,36H,8-9,11,15-21,23-24,26H2,1-7H3,(H,50,56)(H,51,58)(H,59,60)/t27-,28-,29-,31-,34+,36+,44-/m1/s1. The largest absolute Gasteiger partial charge is 0.497 e. The molecule has 0 bridgehead atoms. The summed E-state index contributed by atoms with van der Waals surface area (Å²) in [5.74, 6) is -4.20. The molecule has 4 amide bonds. The Morgan fingerprint density at radius 1 is 1.06 bits per heavy atom. The predicted molar refractivity (Wildman–Crippen MR) is 245 cm³/mol. The van der Waals surface area contributed by atoms with Gasteiger partial charge in [-0.25, -0.2) is 26.6 Å². The van der Waals surface area contributed by atoms with Crippen LogP contribution >= 0.6 is 0 Å². The third-order valence-corrected chi connectivity index (χ3v) is 18.2. The number of carbonyl (C=O) groups excluding carboxylic acids is 3. The number of ether oxygens (including phenoxy) is 2. The Balaban J connectivity index is 1.29. The Morgan fingerprint density at radius 2 is 1.74 bits per heavy atom. The first kappa shape index (κ1) is 51.0. The molecular weight excluding hydrogens is 936 g/mol. The number of nitrogens with one attached hydrogen (secondary N) is 2. The Bertz CT molecular complexity index is 2570. The lowest BCUT2D eigenvalue weighted by Gasteiger charge is -2.46. The van der Waals surface area contributed by atoms with Gasteiger partial charge < -0.3 is 29.7 Å². The van der Waals surface area contributed by atoms with Gasteiger partial charge in [0.1, 0.15) is 35.0 Å². The van der Waals surface area contributed by atoms with Crippen LogP contribution in [0.25, 0.3) is 10.8 Å². The second kappa shape index (κ2) is 18.4. The van der Waals surface area contributed by atoms with E-state index in [4.69, 9.17) is 9.47 Å². The first-order valence-corrected chi connectivity index (χ1v) is 26.3. The summed E-state index contributed by atoms with van der Waals surface area (Å²) >= 11 is 0. The minimum atomic E-state index is -5.13. The molecule has 7 atom stereocenters. The number of carbonyl (C=O) groups is 4. The molecule has 1 aromatic carbocycles. The van der Waals surface area contributed by atoms with Crippen molar-refractivity contribution in [3.05, 3.63) is 36.5 Å². The van der Waals surface area contributed by atoms with Crippen molar-refractivity contribution in [3.8, 4) is 11.6 Å². The molecule has 2 saturated heterocycles. The molecule has 23 heteroatoms. The van der Waals surface area contributed by atoms with E-state index in [9.17, 15) is 49.5 Å². The lowest BCUT2D eigenvalue weighted by atomic mass is 9.82. The van der Waals surface area contributed by atoms with Crippen LogP contribution in [0.3, 0.4) is 0 Å². The van der Waals surface area contributed by atoms with Crippen molar-refractivity contribution < 1.29 is 63.8 Å². The average Bonchev–Trinajstić information content (AvgIpc) is 4.15. The molecule has 1 aromatic heterocycles. The summed E-state index contributed by atoms with van der Waals surface area (Å²) in [5.41, 5.74) is -4.20. The summed E-state index contributed by atoms with van der Waals surface area (Å²) < 4.78 is 111. The molecule has 68 heavy (non-hydrogen) atoms. The van der Waals surface area contributed by atoms with Gasteiger partial charge in [-0.3, -0.25) is 24.0 Å². The Morgan fingerprint density at radius 3 is 2.32 bits per heavy atom. The summed E-state index contributed by atoms with van der Waals surface area (Å²) in [4.78, 5) is 65.3. The summed E-state index contributed by atoms with van der Waals surface area (Å²) in [6.07, 6.45) is -0.370. The molecule has 4 heterocycles. The molecule has 18 nitrogen and oxygen atoms in total. The van der Waals surface area contributed by atoms with E-state index >= 15 is 4.79 Å². The number of sulfonamides is 2. The lowest BCUT2D eigenvalue weighted by molar-refractivity contribution is -0.222. The van der Waals surface area contributed by atoms with Gasteiger partial charge in [0.25, 0.3) is 5.91 Å². The van der Waals surface area contributed by atoms with Crippen LogP contribution in [0.2, 0.25) is 0 Å². The van der Waals surface area contributed by atoms with E-state index in [1.807, 2.05) is 11.8 Å². The minimum absolute atomic E-state index is 0.0194. The topological polar surface area (TPSA) is 225 Å². The van der Waals surface area contributed by atoms with E-state index < -0.39 is 102 Å². The van der Waals surface area contributed by atoms with E-state index in [2.05, 4.69) is 15.0 Å². The molecule has 5 aliphatic rings. The van der Waals surface area contributed by atoms with Gasteiger partial charge in [0, 0.05) is 49.3 Å². The molecule has 0 radical (unpaired) electrons. The second-order valence-electron chi connectivity index (χ2n) is 19.8. The highest BCUT2D eigenvalue weighted by molar-refractivity contribution is 7.91. The normalized spacial score (nSPS) is 28.4. The van der Waals surface area contributed by atoms with Crippen LogP contribution in [0, 0.1) is 17.8 Å². The molecule has 2 aromatic rings. The number of benzene rings is 1. The number of anilines is 1. The number of hydrogen-bond acceptors (Lipinski definition) is 12. The summed E-state index contributed by atoms with van der Waals surface area (Å²) in [5, 5.41) is 14.5. The van der Waals surface area contributed by atoms with Gasteiger partial charge in [0.2, 0.25) is 37.7 Å². The first-order chi connectivity index (χ1) is 31.7. The van der Waals surface area contributed by atoms with Gasteiger partial charge in [0.05, 0.1) is 36.5 Å².